The summed E-state index contributed by atoms with van der Waals surface area (Å²) in [4.78, 5) is 10.8. The van der Waals surface area contributed by atoms with Gasteiger partial charge in [0.1, 0.15) is 6.11 Å². The lowest BCUT2D eigenvalue weighted by molar-refractivity contribution is -0.0145. The van der Waals surface area contributed by atoms with Crippen LogP contribution < -0.4 is 0 Å². The van der Waals surface area contributed by atoms with Crippen molar-refractivity contribution in [1.82, 2.24) is 0 Å². The van der Waals surface area contributed by atoms with E-state index in [1.807, 2.05) is 13.8 Å². The smallest absolute Gasteiger partial charge is 0.413 e. The minimum absolute atomic E-state index is 0.234. The Morgan fingerprint density at radius 1 is 1.62 bits per heavy atom. The summed E-state index contributed by atoms with van der Waals surface area (Å²) in [5.74, 6) is 3.03. The number of hydrogen-bond acceptors (Lipinski definition) is 3. The van der Waals surface area contributed by atoms with Crippen LogP contribution in [0.25, 0.3) is 0 Å². The lowest BCUT2D eigenvalue weighted by Gasteiger charge is -2.30. The second kappa shape index (κ2) is 3.69. The van der Waals surface area contributed by atoms with E-state index in [2.05, 4.69) is 23.7 Å². The van der Waals surface area contributed by atoms with E-state index in [0.717, 1.165) is 12.8 Å². The van der Waals surface area contributed by atoms with Crippen molar-refractivity contribution in [3.05, 3.63) is 0 Å². The van der Waals surface area contributed by atoms with Gasteiger partial charge in [0.15, 0.2) is 5.60 Å². The van der Waals surface area contributed by atoms with Crippen LogP contribution in [-0.2, 0) is 9.47 Å². The van der Waals surface area contributed by atoms with Crippen LogP contribution in [0.2, 0.25) is 0 Å². The SMILES string of the molecule is CCCC(C)C1(C)C#COC(=O)O1. The highest BCUT2D eigenvalue weighted by Crippen LogP contribution is 2.27. The molecule has 0 aromatic carbocycles. The Balaban J connectivity index is 2.73. The second-order valence-corrected chi connectivity index (χ2v) is 3.48. The van der Waals surface area contributed by atoms with E-state index in [1.165, 1.54) is 0 Å². The fourth-order valence-electron chi connectivity index (χ4n) is 1.32. The van der Waals surface area contributed by atoms with Gasteiger partial charge in [-0.2, -0.15) is 0 Å². The van der Waals surface area contributed by atoms with E-state index >= 15 is 0 Å². The fraction of sp³-hybridized carbons (Fsp3) is 0.700. The molecule has 0 fully saturated rings. The van der Waals surface area contributed by atoms with Gasteiger partial charge in [-0.05, 0) is 19.3 Å². The van der Waals surface area contributed by atoms with E-state index in [9.17, 15) is 4.79 Å². The number of hydrogen-bond donors (Lipinski definition) is 0. The third-order valence-electron chi connectivity index (χ3n) is 2.39. The Labute approximate surface area is 78.4 Å². The van der Waals surface area contributed by atoms with Crippen LogP contribution >= 0.6 is 0 Å². The molecule has 0 saturated heterocycles. The zero-order valence-electron chi connectivity index (χ0n) is 8.22. The highest BCUT2D eigenvalue weighted by Gasteiger charge is 2.36. The molecule has 1 rings (SSSR count). The van der Waals surface area contributed by atoms with E-state index in [1.54, 1.807) is 0 Å². The molecule has 3 nitrogen and oxygen atoms in total. The Kier molecular flexibility index (Phi) is 2.82. The first-order chi connectivity index (χ1) is 6.08. The summed E-state index contributed by atoms with van der Waals surface area (Å²) in [6.45, 7) is 5.94. The summed E-state index contributed by atoms with van der Waals surface area (Å²) in [5.41, 5.74) is -0.675. The van der Waals surface area contributed by atoms with Gasteiger partial charge in [-0.25, -0.2) is 4.79 Å². The molecule has 1 aliphatic rings. The monoisotopic (exact) mass is 182 g/mol. The molecule has 0 radical (unpaired) electrons. The topological polar surface area (TPSA) is 35.5 Å². The van der Waals surface area contributed by atoms with E-state index < -0.39 is 11.8 Å². The summed E-state index contributed by atoms with van der Waals surface area (Å²) in [6.07, 6.45) is 3.69. The van der Waals surface area contributed by atoms with Crippen LogP contribution in [-0.4, -0.2) is 11.8 Å². The molecule has 13 heavy (non-hydrogen) atoms. The molecule has 0 aromatic rings. The van der Waals surface area contributed by atoms with Crippen molar-refractivity contribution in [2.24, 2.45) is 5.92 Å². The Bertz CT molecular complexity index is 261. The van der Waals surface area contributed by atoms with Gasteiger partial charge in [-0.3, -0.25) is 0 Å². The van der Waals surface area contributed by atoms with Crippen LogP contribution in [0.3, 0.4) is 0 Å². The highest BCUT2D eigenvalue weighted by molar-refractivity contribution is 5.64. The lowest BCUT2D eigenvalue weighted by Crippen LogP contribution is -2.39. The maximum Gasteiger partial charge on any atom is 0.524 e. The van der Waals surface area contributed by atoms with Crippen molar-refractivity contribution in [2.75, 3.05) is 0 Å². The third kappa shape index (κ3) is 2.15. The van der Waals surface area contributed by atoms with Crippen molar-refractivity contribution < 1.29 is 14.3 Å². The predicted molar refractivity (Wildman–Crippen MR) is 47.8 cm³/mol. The van der Waals surface area contributed by atoms with E-state index in [0.29, 0.717) is 0 Å². The van der Waals surface area contributed by atoms with Crippen molar-refractivity contribution in [1.29, 1.82) is 0 Å². The first-order valence-electron chi connectivity index (χ1n) is 4.50. The van der Waals surface area contributed by atoms with Crippen LogP contribution in [0.4, 0.5) is 4.79 Å². The Morgan fingerprint density at radius 2 is 2.31 bits per heavy atom. The molecule has 0 saturated carbocycles. The summed E-state index contributed by atoms with van der Waals surface area (Å²) >= 11 is 0. The lowest BCUT2D eigenvalue weighted by atomic mass is 9.87. The highest BCUT2D eigenvalue weighted by atomic mass is 16.7. The van der Waals surface area contributed by atoms with Crippen LogP contribution in [0, 0.1) is 17.9 Å². The van der Waals surface area contributed by atoms with Crippen molar-refractivity contribution in [2.45, 2.75) is 39.2 Å². The molecule has 1 heterocycles. The maximum atomic E-state index is 10.8. The van der Waals surface area contributed by atoms with Gasteiger partial charge in [-0.1, -0.05) is 20.3 Å². The molecule has 2 atom stereocenters. The fourth-order valence-corrected chi connectivity index (χ4v) is 1.32. The first kappa shape index (κ1) is 9.91. The molecule has 1 aliphatic heterocycles. The molecule has 2 unspecified atom stereocenters. The largest absolute Gasteiger partial charge is 0.524 e. The molecular formula is C10H14O3. The summed E-state index contributed by atoms with van der Waals surface area (Å²) in [5, 5.41) is 0. The second-order valence-electron chi connectivity index (χ2n) is 3.48. The number of cyclic esters (lactones) is 2. The molecule has 3 heteroatoms. The number of carbonyl (C=O) groups excluding carboxylic acids is 1. The van der Waals surface area contributed by atoms with Gasteiger partial charge >= 0.3 is 6.16 Å². The van der Waals surface area contributed by atoms with Gasteiger partial charge in [-0.15, -0.1) is 0 Å². The normalized spacial score (nSPS) is 28.1. The Morgan fingerprint density at radius 3 is 2.85 bits per heavy atom. The molecule has 0 spiro atoms. The van der Waals surface area contributed by atoms with Crippen LogP contribution in [0.5, 0.6) is 0 Å². The Hall–Kier alpha value is -1.17. The number of carbonyl (C=O) groups is 1. The zero-order chi connectivity index (χ0) is 9.90. The summed E-state index contributed by atoms with van der Waals surface area (Å²) < 4.78 is 9.43. The van der Waals surface area contributed by atoms with Gasteiger partial charge in [0.25, 0.3) is 0 Å². The zero-order valence-corrected chi connectivity index (χ0v) is 8.22. The molecule has 0 bridgehead atoms. The molecule has 0 amide bonds. The summed E-state index contributed by atoms with van der Waals surface area (Å²) in [7, 11) is 0. The van der Waals surface area contributed by atoms with Gasteiger partial charge in [0.05, 0.1) is 0 Å². The van der Waals surface area contributed by atoms with Crippen molar-refractivity contribution in [3.8, 4) is 12.0 Å². The maximum absolute atomic E-state index is 10.8. The minimum Gasteiger partial charge on any atom is -0.413 e. The summed E-state index contributed by atoms with van der Waals surface area (Å²) in [6, 6.07) is 0. The van der Waals surface area contributed by atoms with E-state index in [-0.39, 0.29) is 5.92 Å². The molecule has 0 aromatic heterocycles. The first-order valence-corrected chi connectivity index (χ1v) is 4.50. The molecular weight excluding hydrogens is 168 g/mol. The molecule has 0 aliphatic carbocycles. The standard InChI is InChI=1S/C10H14O3/c1-4-5-8(2)10(3)6-7-12-9(11)13-10/h8H,4-5H2,1-3H3. The van der Waals surface area contributed by atoms with Gasteiger partial charge < -0.3 is 9.47 Å². The van der Waals surface area contributed by atoms with Crippen molar-refractivity contribution in [3.63, 3.8) is 0 Å². The number of ether oxygens (including phenoxy) is 2. The van der Waals surface area contributed by atoms with Gasteiger partial charge in [0.2, 0.25) is 0 Å². The average Bonchev–Trinajstić information content (AvgIpc) is 2.04. The minimum atomic E-state index is -0.691. The number of rotatable bonds is 3. The average molecular weight is 182 g/mol. The van der Waals surface area contributed by atoms with Crippen molar-refractivity contribution >= 4 is 6.16 Å². The molecule has 0 N–H and O–H groups in total. The predicted octanol–water partition coefficient (Wildman–Crippen LogP) is 2.31. The molecule has 72 valence electrons. The quantitative estimate of drug-likeness (QED) is 0.496. The van der Waals surface area contributed by atoms with Crippen LogP contribution in [0.15, 0.2) is 0 Å². The van der Waals surface area contributed by atoms with E-state index in [4.69, 9.17) is 4.74 Å². The van der Waals surface area contributed by atoms with Crippen LogP contribution in [0.1, 0.15) is 33.6 Å². The third-order valence-corrected chi connectivity index (χ3v) is 2.39. The van der Waals surface area contributed by atoms with Gasteiger partial charge in [0, 0.05) is 5.92 Å².